The average Bonchev–Trinajstić information content (AvgIpc) is 2.50. The van der Waals surface area contributed by atoms with Crippen molar-refractivity contribution in [2.75, 3.05) is 6.54 Å². The van der Waals surface area contributed by atoms with Crippen LogP contribution in [0.3, 0.4) is 0 Å². The summed E-state index contributed by atoms with van der Waals surface area (Å²) in [6.07, 6.45) is -10.2. The molecule has 1 N–H and O–H groups in total. The number of rotatable bonds is 9. The van der Waals surface area contributed by atoms with Crippen LogP contribution in [0.2, 0.25) is 0 Å². The van der Waals surface area contributed by atoms with Gasteiger partial charge in [-0.25, -0.2) is 0 Å². The van der Waals surface area contributed by atoms with Crippen molar-refractivity contribution in [2.45, 2.75) is 54.1 Å². The lowest BCUT2D eigenvalue weighted by atomic mass is 9.88. The van der Waals surface area contributed by atoms with Crippen LogP contribution < -0.4 is 3.53 Å². The Hall–Kier alpha value is -0.500. The minimum Gasteiger partial charge on any atom is -0.261 e. The van der Waals surface area contributed by atoms with E-state index in [9.17, 15) is 74.6 Å². The molecule has 0 radical (unpaired) electrons. The van der Waals surface area contributed by atoms with Gasteiger partial charge in [0.2, 0.25) is 0 Å². The summed E-state index contributed by atoms with van der Waals surface area (Å²) >= 11 is 0.959. The molecule has 0 rings (SSSR count). The van der Waals surface area contributed by atoms with Crippen molar-refractivity contribution in [1.82, 2.24) is 3.53 Å². The van der Waals surface area contributed by atoms with Crippen molar-refractivity contribution in [1.29, 1.82) is 0 Å². The summed E-state index contributed by atoms with van der Waals surface area (Å²) in [5, 5.41) is 0. The molecule has 0 amide bonds. The highest BCUT2D eigenvalue weighted by Crippen LogP contribution is 2.64. The molecule has 0 aromatic carbocycles. The highest BCUT2D eigenvalue weighted by atomic mass is 127. The lowest BCUT2D eigenvalue weighted by Crippen LogP contribution is -2.74. The van der Waals surface area contributed by atoms with Crippen LogP contribution >= 0.6 is 22.9 Å². The molecule has 19 heteroatoms. The SMILES string of the molecule is FC(F)(F)C(F)(F)C(F)(F)C(F)(F)C(F)(F)C(F)(F)C(F)(F)C(F)(F)CCNI. The normalized spacial score (nSPS) is 16.3. The Morgan fingerprint density at radius 3 is 1.00 bits per heavy atom. The van der Waals surface area contributed by atoms with E-state index in [2.05, 4.69) is 0 Å². The highest BCUT2D eigenvalue weighted by molar-refractivity contribution is 14.1. The van der Waals surface area contributed by atoms with Crippen LogP contribution in [0.4, 0.5) is 74.6 Å². The summed E-state index contributed by atoms with van der Waals surface area (Å²) in [5.74, 6) is -55.8. The second kappa shape index (κ2) is 7.57. The maximum absolute atomic E-state index is 13.3. The molecule has 0 atom stereocenters. The van der Waals surface area contributed by atoms with E-state index >= 15 is 0 Å². The van der Waals surface area contributed by atoms with Gasteiger partial charge in [-0.05, 0) is 0 Å². The Balaban J connectivity index is 6.57. The van der Waals surface area contributed by atoms with Crippen molar-refractivity contribution in [3.8, 4) is 0 Å². The molecule has 0 fully saturated rings. The molecule has 29 heavy (non-hydrogen) atoms. The molecule has 0 saturated heterocycles. The van der Waals surface area contributed by atoms with E-state index in [1.165, 1.54) is 0 Å². The van der Waals surface area contributed by atoms with Gasteiger partial charge < -0.3 is 0 Å². The van der Waals surface area contributed by atoms with Crippen LogP contribution in [0.15, 0.2) is 0 Å². The predicted molar refractivity (Wildman–Crippen MR) is 67.3 cm³/mol. The molecule has 0 aliphatic carbocycles. The number of hydrogen-bond donors (Lipinski definition) is 1. The van der Waals surface area contributed by atoms with Crippen LogP contribution in [0.5, 0.6) is 0 Å². The first-order chi connectivity index (χ1) is 12.3. The van der Waals surface area contributed by atoms with Gasteiger partial charge in [-0.15, -0.1) is 0 Å². The zero-order valence-corrected chi connectivity index (χ0v) is 14.9. The fourth-order valence-electron chi connectivity index (χ4n) is 1.56. The van der Waals surface area contributed by atoms with Crippen molar-refractivity contribution in [3.05, 3.63) is 0 Å². The van der Waals surface area contributed by atoms with Crippen LogP contribution in [0.25, 0.3) is 0 Å². The molecule has 0 heterocycles. The largest absolute Gasteiger partial charge is 0.460 e. The summed E-state index contributed by atoms with van der Waals surface area (Å²) in [4.78, 5) is 0. The van der Waals surface area contributed by atoms with E-state index in [-0.39, 0.29) is 0 Å². The summed E-state index contributed by atoms with van der Waals surface area (Å²) in [6.45, 7) is -1.36. The standard InChI is InChI=1S/C10H5F17IN/c11-3(12,1-2-29-28)4(13,14)5(15,16)6(17,18)7(19,20)8(21,22)9(23,24)10(25,26)27/h29H,1-2H2. The molecule has 0 spiro atoms. The van der Waals surface area contributed by atoms with Gasteiger partial charge in [-0.3, -0.25) is 3.53 Å². The summed E-state index contributed by atoms with van der Waals surface area (Å²) in [7, 11) is 0. The maximum Gasteiger partial charge on any atom is 0.460 e. The molecule has 176 valence electrons. The van der Waals surface area contributed by atoms with Gasteiger partial charge in [0.05, 0.1) is 0 Å². The third kappa shape index (κ3) is 3.92. The Kier molecular flexibility index (Phi) is 7.44. The first-order valence-electron chi connectivity index (χ1n) is 6.36. The van der Waals surface area contributed by atoms with Crippen LogP contribution in [0, 0.1) is 0 Å². The third-order valence-electron chi connectivity index (χ3n) is 3.32. The van der Waals surface area contributed by atoms with Crippen molar-refractivity contribution in [3.63, 3.8) is 0 Å². The molecular weight excluding hydrogens is 584 g/mol. The van der Waals surface area contributed by atoms with Crippen LogP contribution in [0.1, 0.15) is 6.42 Å². The number of alkyl halides is 17. The Bertz CT molecular complexity index is 579. The van der Waals surface area contributed by atoms with Gasteiger partial charge in [-0.2, -0.15) is 74.6 Å². The second-order valence-corrected chi connectivity index (χ2v) is 6.04. The Morgan fingerprint density at radius 2 is 0.724 bits per heavy atom. The van der Waals surface area contributed by atoms with Crippen LogP contribution in [-0.2, 0) is 0 Å². The number of hydrogen-bond acceptors (Lipinski definition) is 1. The second-order valence-electron chi connectivity index (χ2n) is 5.28. The van der Waals surface area contributed by atoms with Gasteiger partial charge in [0.15, 0.2) is 0 Å². The third-order valence-corrected chi connectivity index (χ3v) is 3.86. The zero-order chi connectivity index (χ0) is 24.1. The van der Waals surface area contributed by atoms with E-state index in [0.29, 0.717) is 0 Å². The fraction of sp³-hybridized carbons (Fsp3) is 1.00. The molecule has 0 aromatic heterocycles. The summed E-state index contributed by atoms with van der Waals surface area (Å²) in [5.41, 5.74) is 0. The molecule has 1 nitrogen and oxygen atoms in total. The van der Waals surface area contributed by atoms with E-state index in [1.807, 2.05) is 0 Å². The Labute approximate surface area is 162 Å². The zero-order valence-electron chi connectivity index (χ0n) is 12.7. The van der Waals surface area contributed by atoms with Gasteiger partial charge in [-0.1, -0.05) is 0 Å². The molecule has 0 aromatic rings. The van der Waals surface area contributed by atoms with E-state index in [0.717, 1.165) is 22.9 Å². The lowest BCUT2D eigenvalue weighted by Gasteiger charge is -2.42. The highest BCUT2D eigenvalue weighted by Gasteiger charge is 2.95. The van der Waals surface area contributed by atoms with E-state index in [4.69, 9.17) is 0 Å². The lowest BCUT2D eigenvalue weighted by molar-refractivity contribution is -0.461. The van der Waals surface area contributed by atoms with Gasteiger partial charge in [0.25, 0.3) is 0 Å². The summed E-state index contributed by atoms with van der Waals surface area (Å²) in [6, 6.07) is 0. The smallest absolute Gasteiger partial charge is 0.261 e. The van der Waals surface area contributed by atoms with Gasteiger partial charge in [0, 0.05) is 35.8 Å². The molecule has 0 aliphatic rings. The van der Waals surface area contributed by atoms with E-state index < -0.39 is 60.6 Å². The van der Waals surface area contributed by atoms with Crippen molar-refractivity contribution in [2.24, 2.45) is 0 Å². The first kappa shape index (κ1) is 28.5. The molecular formula is C10H5F17IN. The monoisotopic (exact) mass is 589 g/mol. The average molecular weight is 589 g/mol. The van der Waals surface area contributed by atoms with Crippen LogP contribution in [-0.4, -0.2) is 54.2 Å². The topological polar surface area (TPSA) is 12.0 Å². The minimum absolute atomic E-state index is 0.959. The number of nitrogens with one attached hydrogen (secondary N) is 1. The predicted octanol–water partition coefficient (Wildman–Crippen LogP) is 6.33. The maximum atomic E-state index is 13.3. The van der Waals surface area contributed by atoms with Crippen molar-refractivity contribution >= 4 is 22.9 Å². The fourth-order valence-corrected chi connectivity index (χ4v) is 1.83. The molecule has 0 saturated carbocycles. The first-order valence-corrected chi connectivity index (χ1v) is 7.44. The minimum atomic E-state index is -8.58. The van der Waals surface area contributed by atoms with Crippen molar-refractivity contribution < 1.29 is 74.6 Å². The molecule has 0 aliphatic heterocycles. The van der Waals surface area contributed by atoms with Gasteiger partial charge in [0.1, 0.15) is 0 Å². The molecule has 0 unspecified atom stereocenters. The summed E-state index contributed by atoms with van der Waals surface area (Å²) < 4.78 is 220. The Morgan fingerprint density at radius 1 is 0.448 bits per heavy atom. The molecule has 0 bridgehead atoms. The quantitative estimate of drug-likeness (QED) is 0.189. The van der Waals surface area contributed by atoms with Gasteiger partial charge >= 0.3 is 47.6 Å². The number of halogens is 18. The van der Waals surface area contributed by atoms with E-state index in [1.54, 1.807) is 3.53 Å².